The number of benzene rings is 3. The van der Waals surface area contributed by atoms with Gasteiger partial charge >= 0.3 is 0 Å². The largest absolute Gasteiger partial charge is 0.507 e. The summed E-state index contributed by atoms with van der Waals surface area (Å²) in [4.78, 5) is 53.0. The molecule has 232 valence electrons. The van der Waals surface area contributed by atoms with Crippen LogP contribution in [0.1, 0.15) is 18.4 Å². The number of likely N-dealkylation sites (tertiary alicyclic amines) is 1. The highest BCUT2D eigenvalue weighted by atomic mass is 16.6. The van der Waals surface area contributed by atoms with E-state index >= 15 is 0 Å². The monoisotopic (exact) mass is 613 g/mol. The summed E-state index contributed by atoms with van der Waals surface area (Å²) in [7, 11) is 0. The van der Waals surface area contributed by atoms with E-state index < -0.39 is 41.8 Å². The molecule has 4 aromatic rings. The fraction of sp³-hybridized carbons (Fsp3) is 0.273. The summed E-state index contributed by atoms with van der Waals surface area (Å²) in [5.74, 6) is -0.798. The van der Waals surface area contributed by atoms with Gasteiger partial charge in [-0.3, -0.25) is 19.2 Å². The van der Waals surface area contributed by atoms with Crippen LogP contribution in [-0.4, -0.2) is 66.2 Å². The lowest BCUT2D eigenvalue weighted by atomic mass is 10.0. The molecule has 2 aliphatic heterocycles. The van der Waals surface area contributed by atoms with Crippen LogP contribution >= 0.6 is 0 Å². The van der Waals surface area contributed by atoms with E-state index in [0.29, 0.717) is 49.7 Å². The molecule has 12 nitrogen and oxygen atoms in total. The maximum atomic E-state index is 13.3. The molecule has 0 aliphatic carbocycles. The molecule has 12 heteroatoms. The predicted octanol–water partition coefficient (Wildman–Crippen LogP) is 2.52. The van der Waals surface area contributed by atoms with Gasteiger partial charge in [-0.2, -0.15) is 0 Å². The van der Waals surface area contributed by atoms with Gasteiger partial charge in [0.25, 0.3) is 5.91 Å². The number of ether oxygens (including phenoxy) is 3. The molecule has 1 saturated heterocycles. The van der Waals surface area contributed by atoms with Gasteiger partial charge < -0.3 is 39.7 Å². The number of hydrogen-bond donors (Lipinski definition) is 3. The molecule has 6 rings (SSSR count). The fourth-order valence-corrected chi connectivity index (χ4v) is 5.61. The van der Waals surface area contributed by atoms with Crippen molar-refractivity contribution in [2.75, 3.05) is 26.4 Å². The van der Waals surface area contributed by atoms with Gasteiger partial charge in [-0.25, -0.2) is 0 Å². The summed E-state index contributed by atoms with van der Waals surface area (Å²) < 4.78 is 22.5. The van der Waals surface area contributed by atoms with Crippen LogP contribution in [0.25, 0.3) is 22.1 Å². The van der Waals surface area contributed by atoms with Crippen LogP contribution in [0.4, 0.5) is 0 Å². The topological polar surface area (TPSA) is 171 Å². The predicted molar refractivity (Wildman–Crippen MR) is 162 cm³/mol. The number of carbonyl (C=O) groups excluding carboxylic acids is 3. The molecule has 0 saturated carbocycles. The number of phenolic OH excluding ortho intramolecular Hbond substituents is 1. The van der Waals surface area contributed by atoms with E-state index in [0.717, 1.165) is 5.56 Å². The molecule has 0 radical (unpaired) electrons. The Balaban J connectivity index is 1.13. The standard InChI is InChI=1S/C33H31N3O9/c34-32(40)23(13-19-5-2-1-3-6-19)35-33(41)24-7-4-10-36(24)29(38)18-44-21-15-25(37)30-28(16-21)45-17-22(31(30)39)20-8-9-26-27(14-20)43-12-11-42-26/h1-3,5-6,8-9,14-17,23-24,37H,4,7,10-13,18H2,(H2,34,40)(H,35,41). The second-order valence-corrected chi connectivity index (χ2v) is 10.8. The smallest absolute Gasteiger partial charge is 0.261 e. The van der Waals surface area contributed by atoms with Crippen LogP contribution in [0.15, 0.2) is 76.1 Å². The lowest BCUT2D eigenvalue weighted by Crippen LogP contribution is -2.53. The number of nitrogens with one attached hydrogen (secondary N) is 1. The Morgan fingerprint density at radius 3 is 2.60 bits per heavy atom. The highest BCUT2D eigenvalue weighted by Crippen LogP contribution is 2.35. The number of fused-ring (bicyclic) bond motifs is 2. The van der Waals surface area contributed by atoms with Crippen LogP contribution in [-0.2, 0) is 20.8 Å². The third-order valence-electron chi connectivity index (χ3n) is 7.86. The van der Waals surface area contributed by atoms with Crippen molar-refractivity contribution in [3.63, 3.8) is 0 Å². The zero-order chi connectivity index (χ0) is 31.5. The SMILES string of the molecule is NC(=O)C(Cc1ccccc1)NC(=O)C1CCCN1C(=O)COc1cc(O)c2c(=O)c(-c3ccc4c(c3)OCCO4)coc2c1. The zero-order valence-corrected chi connectivity index (χ0v) is 24.2. The van der Waals surface area contributed by atoms with Crippen molar-refractivity contribution in [1.82, 2.24) is 10.2 Å². The summed E-state index contributed by atoms with van der Waals surface area (Å²) in [6.07, 6.45) is 2.53. The maximum absolute atomic E-state index is 13.3. The molecule has 2 aliphatic rings. The van der Waals surface area contributed by atoms with Gasteiger partial charge in [0.15, 0.2) is 18.1 Å². The van der Waals surface area contributed by atoms with Gasteiger partial charge in [0.2, 0.25) is 17.2 Å². The van der Waals surface area contributed by atoms with Gasteiger partial charge in [0.05, 0.1) is 5.56 Å². The molecule has 3 amide bonds. The Bertz CT molecular complexity index is 1820. The van der Waals surface area contributed by atoms with E-state index in [1.54, 1.807) is 18.2 Å². The number of aromatic hydroxyl groups is 1. The Morgan fingerprint density at radius 1 is 1.04 bits per heavy atom. The Morgan fingerprint density at radius 2 is 1.82 bits per heavy atom. The summed E-state index contributed by atoms with van der Waals surface area (Å²) >= 11 is 0. The van der Waals surface area contributed by atoms with Crippen LogP contribution in [0, 0.1) is 0 Å². The molecule has 1 fully saturated rings. The van der Waals surface area contributed by atoms with E-state index in [-0.39, 0.29) is 34.5 Å². The van der Waals surface area contributed by atoms with Crippen molar-refractivity contribution in [2.24, 2.45) is 5.73 Å². The molecule has 0 spiro atoms. The number of primary amides is 1. The maximum Gasteiger partial charge on any atom is 0.261 e. The lowest BCUT2D eigenvalue weighted by Gasteiger charge is -2.26. The van der Waals surface area contributed by atoms with Gasteiger partial charge in [0, 0.05) is 25.1 Å². The number of hydrogen-bond acceptors (Lipinski definition) is 9. The lowest BCUT2D eigenvalue weighted by molar-refractivity contribution is -0.140. The molecular formula is C33H31N3O9. The Hall–Kier alpha value is -5.52. The minimum absolute atomic E-state index is 0.0446. The molecule has 3 aromatic carbocycles. The van der Waals surface area contributed by atoms with E-state index in [1.807, 2.05) is 30.3 Å². The van der Waals surface area contributed by atoms with Gasteiger partial charge in [0.1, 0.15) is 54.0 Å². The van der Waals surface area contributed by atoms with E-state index in [1.165, 1.54) is 23.3 Å². The summed E-state index contributed by atoms with van der Waals surface area (Å²) in [5, 5.41) is 13.4. The number of phenols is 1. The first-order chi connectivity index (χ1) is 21.8. The minimum Gasteiger partial charge on any atom is -0.507 e. The molecule has 45 heavy (non-hydrogen) atoms. The number of amides is 3. The summed E-state index contributed by atoms with van der Waals surface area (Å²) in [6.45, 7) is 0.734. The zero-order valence-electron chi connectivity index (χ0n) is 24.2. The van der Waals surface area contributed by atoms with E-state index in [4.69, 9.17) is 24.4 Å². The first-order valence-electron chi connectivity index (χ1n) is 14.5. The van der Waals surface area contributed by atoms with Gasteiger partial charge in [-0.05, 0) is 36.1 Å². The molecule has 4 N–H and O–H groups in total. The van der Waals surface area contributed by atoms with Gasteiger partial charge in [-0.1, -0.05) is 36.4 Å². The van der Waals surface area contributed by atoms with E-state index in [2.05, 4.69) is 5.32 Å². The number of carbonyl (C=O) groups is 3. The van der Waals surface area contributed by atoms with Crippen molar-refractivity contribution in [1.29, 1.82) is 0 Å². The average molecular weight is 614 g/mol. The second-order valence-electron chi connectivity index (χ2n) is 10.8. The minimum atomic E-state index is -0.931. The highest BCUT2D eigenvalue weighted by molar-refractivity contribution is 5.92. The molecule has 2 atom stereocenters. The third kappa shape index (κ3) is 6.26. The van der Waals surface area contributed by atoms with Crippen LogP contribution in [0.3, 0.4) is 0 Å². The molecule has 1 aromatic heterocycles. The Labute approximate surface area is 257 Å². The van der Waals surface area contributed by atoms with Crippen molar-refractivity contribution in [2.45, 2.75) is 31.3 Å². The normalized spacial score (nSPS) is 16.3. The number of nitrogens with two attached hydrogens (primary N) is 1. The third-order valence-corrected chi connectivity index (χ3v) is 7.86. The van der Waals surface area contributed by atoms with Crippen LogP contribution < -0.4 is 30.7 Å². The first kappa shape index (κ1) is 29.5. The van der Waals surface area contributed by atoms with Crippen molar-refractivity contribution < 1.29 is 38.1 Å². The summed E-state index contributed by atoms with van der Waals surface area (Å²) in [5.41, 5.74) is 6.75. The second kappa shape index (κ2) is 12.6. The van der Waals surface area contributed by atoms with Gasteiger partial charge in [-0.15, -0.1) is 0 Å². The molecular weight excluding hydrogens is 582 g/mol. The fourth-order valence-electron chi connectivity index (χ4n) is 5.61. The van der Waals surface area contributed by atoms with Crippen molar-refractivity contribution in [3.8, 4) is 34.1 Å². The van der Waals surface area contributed by atoms with Crippen LogP contribution in [0.2, 0.25) is 0 Å². The Kier molecular flexibility index (Phi) is 8.28. The first-order valence-corrected chi connectivity index (χ1v) is 14.5. The molecule has 2 unspecified atom stereocenters. The number of nitrogens with zero attached hydrogens (tertiary/aromatic N) is 1. The summed E-state index contributed by atoms with van der Waals surface area (Å²) in [6, 6.07) is 15.2. The van der Waals surface area contributed by atoms with Crippen molar-refractivity contribution >= 4 is 28.7 Å². The number of rotatable bonds is 9. The highest BCUT2D eigenvalue weighted by Gasteiger charge is 2.36. The van der Waals surface area contributed by atoms with Crippen molar-refractivity contribution in [3.05, 3.63) is 82.7 Å². The van der Waals surface area contributed by atoms with E-state index in [9.17, 15) is 24.3 Å². The molecule has 0 bridgehead atoms. The quantitative estimate of drug-likeness (QED) is 0.257. The molecule has 3 heterocycles. The van der Waals surface area contributed by atoms with Crippen LogP contribution in [0.5, 0.6) is 23.0 Å². The average Bonchev–Trinajstić information content (AvgIpc) is 3.54.